The van der Waals surface area contributed by atoms with Crippen LogP contribution in [0.25, 0.3) is 61.3 Å². The molecule has 0 fully saturated rings. The van der Waals surface area contributed by atoms with Gasteiger partial charge >= 0.3 is 0 Å². The number of aryl methyl sites for hydroxylation is 1. The van der Waals surface area contributed by atoms with E-state index in [0.29, 0.717) is 5.92 Å². The summed E-state index contributed by atoms with van der Waals surface area (Å²) in [6.07, 6.45) is 14.7. The third-order valence-electron chi connectivity index (χ3n) is 8.62. The van der Waals surface area contributed by atoms with Crippen molar-refractivity contribution < 1.29 is 0 Å². The molecule has 7 rings (SSSR count). The lowest BCUT2D eigenvalue weighted by Gasteiger charge is -2.12. The van der Waals surface area contributed by atoms with E-state index in [9.17, 15) is 0 Å². The lowest BCUT2D eigenvalue weighted by molar-refractivity contribution is 0.606. The summed E-state index contributed by atoms with van der Waals surface area (Å²) < 4.78 is 4.87. The number of nitrogens with two attached hydrogens (primary N) is 2. The highest BCUT2D eigenvalue weighted by Crippen LogP contribution is 2.37. The monoisotopic (exact) mass is 594 g/mol. The number of nitrogens with zero attached hydrogens (tertiary/aromatic N) is 2. The van der Waals surface area contributed by atoms with Crippen molar-refractivity contribution in [3.05, 3.63) is 127 Å². The third kappa shape index (κ3) is 5.92. The number of hydrazine groups is 1. The second kappa shape index (κ2) is 14.4. The van der Waals surface area contributed by atoms with E-state index < -0.39 is 0 Å². The Morgan fingerprint density at radius 2 is 1.40 bits per heavy atom. The molecule has 1 atom stereocenters. The Morgan fingerprint density at radius 3 is 2.13 bits per heavy atom. The average Bonchev–Trinajstić information content (AvgIpc) is 3.50. The van der Waals surface area contributed by atoms with E-state index >= 15 is 0 Å². The largest absolute Gasteiger partial charge is 0.310 e. The Kier molecular flexibility index (Phi) is 10.2. The molecule has 0 saturated carbocycles. The van der Waals surface area contributed by atoms with Crippen molar-refractivity contribution in [1.82, 2.24) is 9.13 Å². The maximum Gasteiger partial charge on any atom is 0.0541 e. The molecule has 0 radical (unpaired) electrons. The van der Waals surface area contributed by atoms with Gasteiger partial charge in [0.2, 0.25) is 0 Å². The van der Waals surface area contributed by atoms with Gasteiger partial charge in [0, 0.05) is 33.2 Å². The van der Waals surface area contributed by atoms with Gasteiger partial charge in [-0.25, -0.2) is 0 Å². The lowest BCUT2D eigenvalue weighted by Crippen LogP contribution is -2.02. The predicted molar refractivity (Wildman–Crippen MR) is 197 cm³/mol. The number of hydrogen-bond donors (Lipinski definition) is 2. The Hall–Kier alpha value is -4.64. The van der Waals surface area contributed by atoms with Gasteiger partial charge in [-0.15, -0.1) is 0 Å². The van der Waals surface area contributed by atoms with Crippen LogP contribution in [-0.2, 0) is 6.42 Å². The van der Waals surface area contributed by atoms with Gasteiger partial charge in [0.05, 0.1) is 16.6 Å². The minimum absolute atomic E-state index is 0.676. The number of benzene rings is 4. The lowest BCUT2D eigenvalue weighted by atomic mass is 10.0. The molecule has 4 heteroatoms. The van der Waals surface area contributed by atoms with Crippen LogP contribution in [0.15, 0.2) is 115 Å². The van der Waals surface area contributed by atoms with Crippen molar-refractivity contribution in [2.24, 2.45) is 17.6 Å². The molecule has 6 aromatic rings. The van der Waals surface area contributed by atoms with E-state index in [0.717, 1.165) is 19.3 Å². The van der Waals surface area contributed by atoms with E-state index in [-0.39, 0.29) is 0 Å². The molecule has 2 heterocycles. The van der Waals surface area contributed by atoms with Crippen molar-refractivity contribution in [3.8, 4) is 16.8 Å². The van der Waals surface area contributed by atoms with Gasteiger partial charge < -0.3 is 9.13 Å². The van der Waals surface area contributed by atoms with Crippen LogP contribution in [0.4, 0.5) is 0 Å². The fraction of sp³-hybridized carbons (Fsp3) is 0.220. The molecule has 0 aliphatic heterocycles. The molecule has 1 aliphatic rings. The zero-order chi connectivity index (χ0) is 31.9. The van der Waals surface area contributed by atoms with Crippen LogP contribution in [0.5, 0.6) is 0 Å². The molecular formula is C41H46N4. The molecule has 4 aromatic carbocycles. The summed E-state index contributed by atoms with van der Waals surface area (Å²) in [5.74, 6) is 8.68. The van der Waals surface area contributed by atoms with Gasteiger partial charge in [-0.3, -0.25) is 11.7 Å². The van der Waals surface area contributed by atoms with Crippen LogP contribution in [0.3, 0.4) is 0 Å². The predicted octanol–water partition coefficient (Wildman–Crippen LogP) is 10.7. The molecule has 0 amide bonds. The molecule has 45 heavy (non-hydrogen) atoms. The Balaban J connectivity index is 0.000000963. The topological polar surface area (TPSA) is 61.9 Å². The second-order valence-corrected chi connectivity index (χ2v) is 11.3. The molecule has 1 aliphatic carbocycles. The van der Waals surface area contributed by atoms with Gasteiger partial charge in [0.25, 0.3) is 0 Å². The number of rotatable bonds is 5. The SMILES string of the molecule is C/C=C\c1c(CC)c2ccccc2n1-c1cccc(-c2ccc3c(c2)c2ccccc2n3C2=CCC(C)CC=C2)c1.CC.NN. The van der Waals surface area contributed by atoms with Crippen LogP contribution in [0.1, 0.15) is 58.7 Å². The van der Waals surface area contributed by atoms with Crippen LogP contribution < -0.4 is 11.7 Å². The normalized spacial score (nSPS) is 14.6. The molecule has 0 bridgehead atoms. The van der Waals surface area contributed by atoms with Crippen LogP contribution in [0.2, 0.25) is 0 Å². The van der Waals surface area contributed by atoms with E-state index in [1.165, 1.54) is 66.5 Å². The summed E-state index contributed by atoms with van der Waals surface area (Å²) in [6.45, 7) is 10.7. The minimum Gasteiger partial charge on any atom is -0.310 e. The Bertz CT molecular complexity index is 2010. The third-order valence-corrected chi connectivity index (χ3v) is 8.62. The van der Waals surface area contributed by atoms with Crippen molar-refractivity contribution in [2.45, 2.75) is 53.9 Å². The highest BCUT2D eigenvalue weighted by atomic mass is 15.0. The minimum atomic E-state index is 0.676. The van der Waals surface area contributed by atoms with E-state index in [4.69, 9.17) is 0 Å². The molecule has 230 valence electrons. The molecular weight excluding hydrogens is 548 g/mol. The standard InChI is InChI=1S/C39H36N2.C2H6.H4N2/c1-4-12-36-32(5-2)33-17-6-8-19-37(33)41(36)31-16-11-14-28(25-31)29-22-24-39-35(26-29)34-18-7-9-20-38(34)40(39)30-15-10-13-27(3)21-23-30;2*1-2/h4,6-12,14-20,22-27H,5,13,21H2,1-3H3;1-2H3;1-2H2/b12-4-;;. The summed E-state index contributed by atoms with van der Waals surface area (Å²) in [6, 6.07) is 33.6. The zero-order valence-corrected chi connectivity index (χ0v) is 27.3. The van der Waals surface area contributed by atoms with Crippen molar-refractivity contribution in [1.29, 1.82) is 0 Å². The first-order valence-corrected chi connectivity index (χ1v) is 16.3. The zero-order valence-electron chi connectivity index (χ0n) is 27.3. The van der Waals surface area contributed by atoms with E-state index in [1.54, 1.807) is 0 Å². The summed E-state index contributed by atoms with van der Waals surface area (Å²) in [5, 5.41) is 3.93. The van der Waals surface area contributed by atoms with Gasteiger partial charge in [0.1, 0.15) is 0 Å². The number of fused-ring (bicyclic) bond motifs is 4. The molecule has 2 aromatic heterocycles. The Labute approximate surface area is 267 Å². The first kappa shape index (κ1) is 31.8. The number of allylic oxidation sites excluding steroid dienone is 5. The van der Waals surface area contributed by atoms with Gasteiger partial charge in [-0.1, -0.05) is 101 Å². The average molecular weight is 595 g/mol. The molecule has 4 N–H and O–H groups in total. The highest BCUT2D eigenvalue weighted by molar-refractivity contribution is 6.11. The maximum atomic E-state index is 4.00. The second-order valence-electron chi connectivity index (χ2n) is 11.3. The summed E-state index contributed by atoms with van der Waals surface area (Å²) in [7, 11) is 0. The first-order valence-electron chi connectivity index (χ1n) is 16.3. The fourth-order valence-corrected chi connectivity index (χ4v) is 6.64. The molecule has 1 unspecified atom stereocenters. The summed E-state index contributed by atoms with van der Waals surface area (Å²) in [4.78, 5) is 0. The maximum absolute atomic E-state index is 4.00. The molecule has 0 saturated heterocycles. The van der Waals surface area contributed by atoms with Gasteiger partial charge in [-0.2, -0.15) is 0 Å². The molecule has 0 spiro atoms. The van der Waals surface area contributed by atoms with Crippen molar-refractivity contribution in [2.75, 3.05) is 0 Å². The fourth-order valence-electron chi connectivity index (χ4n) is 6.64. The van der Waals surface area contributed by atoms with E-state index in [1.807, 2.05) is 13.8 Å². The first-order chi connectivity index (χ1) is 22.2. The Morgan fingerprint density at radius 1 is 0.733 bits per heavy atom. The summed E-state index contributed by atoms with van der Waals surface area (Å²) >= 11 is 0. The van der Waals surface area contributed by atoms with Crippen molar-refractivity contribution in [3.63, 3.8) is 0 Å². The smallest absolute Gasteiger partial charge is 0.0541 e. The van der Waals surface area contributed by atoms with Crippen LogP contribution in [-0.4, -0.2) is 9.13 Å². The van der Waals surface area contributed by atoms with Gasteiger partial charge in [0.15, 0.2) is 0 Å². The van der Waals surface area contributed by atoms with Crippen LogP contribution in [0, 0.1) is 5.92 Å². The highest BCUT2D eigenvalue weighted by Gasteiger charge is 2.17. The number of aromatic nitrogens is 2. The van der Waals surface area contributed by atoms with Crippen LogP contribution >= 0.6 is 0 Å². The quantitative estimate of drug-likeness (QED) is 0.154. The number of para-hydroxylation sites is 2. The summed E-state index contributed by atoms with van der Waals surface area (Å²) in [5.41, 5.74) is 11.4. The van der Waals surface area contributed by atoms with E-state index in [2.05, 4.69) is 163 Å². The van der Waals surface area contributed by atoms with Crippen molar-refractivity contribution >= 4 is 44.5 Å². The number of hydrogen-bond acceptors (Lipinski definition) is 2. The molecule has 4 nitrogen and oxygen atoms in total. The van der Waals surface area contributed by atoms with Gasteiger partial charge in [-0.05, 0) is 97.3 Å².